The number of ether oxygens (including phenoxy) is 1. The van der Waals surface area contributed by atoms with Gasteiger partial charge in [0.15, 0.2) is 16.8 Å². The Balaban J connectivity index is 1.56. The third-order valence-corrected chi connectivity index (χ3v) is 6.79. The second-order valence-corrected chi connectivity index (χ2v) is 9.28. The molecule has 0 unspecified atom stereocenters. The molecule has 0 spiro atoms. The molecule has 1 aromatic carbocycles. The Labute approximate surface area is 200 Å². The number of pyridine rings is 1. The minimum absolute atomic E-state index is 0.150. The van der Waals surface area contributed by atoms with Crippen LogP contribution in [0, 0.1) is 0 Å². The molecule has 0 aliphatic heterocycles. The van der Waals surface area contributed by atoms with Crippen molar-refractivity contribution in [1.29, 1.82) is 0 Å². The molecule has 0 saturated heterocycles. The van der Waals surface area contributed by atoms with Gasteiger partial charge in [-0.2, -0.15) is 0 Å². The molecule has 0 bridgehead atoms. The third kappa shape index (κ3) is 5.19. The Hall–Kier alpha value is -2.29. The molecule has 1 fully saturated rings. The fourth-order valence-electron chi connectivity index (χ4n) is 3.86. The maximum atomic E-state index is 12.5. The molecule has 1 saturated carbocycles. The zero-order chi connectivity index (χ0) is 22.5. The van der Waals surface area contributed by atoms with Crippen molar-refractivity contribution in [1.82, 2.24) is 19.7 Å². The van der Waals surface area contributed by atoms with Gasteiger partial charge in [0.05, 0.1) is 28.5 Å². The third-order valence-electron chi connectivity index (χ3n) is 5.35. The number of carbonyl (C=O) groups is 1. The number of amides is 1. The van der Waals surface area contributed by atoms with E-state index < -0.39 is 0 Å². The quantitative estimate of drug-likeness (QED) is 0.414. The van der Waals surface area contributed by atoms with Gasteiger partial charge in [0.25, 0.3) is 0 Å². The maximum Gasteiger partial charge on any atom is 0.236 e. The Morgan fingerprint density at radius 3 is 2.75 bits per heavy atom. The maximum absolute atomic E-state index is 12.5. The molecule has 2 aromatic heterocycles. The molecule has 168 valence electrons. The highest BCUT2D eigenvalue weighted by Crippen LogP contribution is 2.38. The Bertz CT molecular complexity index is 1100. The molecule has 4 rings (SSSR count). The zero-order valence-corrected chi connectivity index (χ0v) is 19.9. The van der Waals surface area contributed by atoms with Crippen molar-refractivity contribution in [2.45, 2.75) is 43.3 Å². The van der Waals surface area contributed by atoms with Crippen LogP contribution in [0.5, 0.6) is 5.75 Å². The largest absolute Gasteiger partial charge is 0.496 e. The molecule has 2 heterocycles. The molecule has 10 heteroatoms. The van der Waals surface area contributed by atoms with E-state index in [9.17, 15) is 4.79 Å². The SMILES string of the molecule is COc1ccccc1-c1nnc(SCC(=O)Nc2ncc(Cl)cc2Cl)n1C1CCCCC1. The first-order valence-corrected chi connectivity index (χ1v) is 12.1. The standard InChI is InChI=1S/C22H23Cl2N5O2S/c1-31-18-10-6-5-9-16(18)21-27-28-22(29(21)15-7-3-2-4-8-15)32-13-19(30)26-20-17(24)11-14(23)12-25-20/h5-6,9-12,15H,2-4,7-8,13H2,1H3,(H,25,26,30). The molecular weight excluding hydrogens is 469 g/mol. The van der Waals surface area contributed by atoms with Crippen LogP contribution in [0.4, 0.5) is 5.82 Å². The van der Waals surface area contributed by atoms with E-state index in [-0.39, 0.29) is 23.5 Å². The van der Waals surface area contributed by atoms with Crippen molar-refractivity contribution in [2.75, 3.05) is 18.2 Å². The highest BCUT2D eigenvalue weighted by molar-refractivity contribution is 7.99. The zero-order valence-electron chi connectivity index (χ0n) is 17.6. The van der Waals surface area contributed by atoms with E-state index in [0.717, 1.165) is 30.0 Å². The van der Waals surface area contributed by atoms with Crippen molar-refractivity contribution in [2.24, 2.45) is 0 Å². The van der Waals surface area contributed by atoms with Crippen LogP contribution in [0.15, 0.2) is 41.7 Å². The predicted octanol–water partition coefficient (Wildman–Crippen LogP) is 5.89. The molecule has 1 aliphatic rings. The Morgan fingerprint density at radius 2 is 2.00 bits per heavy atom. The first kappa shape index (κ1) is 22.9. The van der Waals surface area contributed by atoms with Crippen LogP contribution < -0.4 is 10.1 Å². The molecule has 1 N–H and O–H groups in total. The number of methoxy groups -OCH3 is 1. The monoisotopic (exact) mass is 491 g/mol. The topological polar surface area (TPSA) is 81.9 Å². The molecule has 0 atom stereocenters. The van der Waals surface area contributed by atoms with Crippen molar-refractivity contribution in [3.05, 3.63) is 46.6 Å². The highest BCUT2D eigenvalue weighted by atomic mass is 35.5. The summed E-state index contributed by atoms with van der Waals surface area (Å²) < 4.78 is 7.72. The van der Waals surface area contributed by atoms with E-state index in [1.165, 1.54) is 43.3 Å². The molecule has 1 aliphatic carbocycles. The average Bonchev–Trinajstić information content (AvgIpc) is 3.24. The number of hydrogen-bond donors (Lipinski definition) is 1. The van der Waals surface area contributed by atoms with Gasteiger partial charge >= 0.3 is 0 Å². The number of benzene rings is 1. The van der Waals surface area contributed by atoms with Crippen LogP contribution in [0.1, 0.15) is 38.1 Å². The summed E-state index contributed by atoms with van der Waals surface area (Å²) in [4.78, 5) is 16.6. The predicted molar refractivity (Wildman–Crippen MR) is 128 cm³/mol. The molecular formula is C22H23Cl2N5O2S. The van der Waals surface area contributed by atoms with E-state index in [1.54, 1.807) is 7.11 Å². The van der Waals surface area contributed by atoms with Crippen LogP contribution in [-0.4, -0.2) is 38.5 Å². The minimum atomic E-state index is -0.233. The summed E-state index contributed by atoms with van der Waals surface area (Å²) in [6, 6.07) is 9.62. The summed E-state index contributed by atoms with van der Waals surface area (Å²) >= 11 is 13.3. The number of anilines is 1. The normalized spacial score (nSPS) is 14.3. The van der Waals surface area contributed by atoms with E-state index >= 15 is 0 Å². The summed E-state index contributed by atoms with van der Waals surface area (Å²) in [7, 11) is 1.65. The second kappa shape index (κ2) is 10.6. The van der Waals surface area contributed by atoms with Crippen molar-refractivity contribution in [3.63, 3.8) is 0 Å². The summed E-state index contributed by atoms with van der Waals surface area (Å²) in [5, 5.41) is 13.1. The number of para-hydroxylation sites is 1. The lowest BCUT2D eigenvalue weighted by Gasteiger charge is -2.26. The molecule has 0 radical (unpaired) electrons. The number of nitrogens with zero attached hydrogens (tertiary/aromatic N) is 4. The summed E-state index contributed by atoms with van der Waals surface area (Å²) in [6.45, 7) is 0. The van der Waals surface area contributed by atoms with Gasteiger partial charge in [-0.3, -0.25) is 9.36 Å². The molecule has 3 aromatic rings. The van der Waals surface area contributed by atoms with Crippen LogP contribution in [-0.2, 0) is 4.79 Å². The number of hydrogen-bond acceptors (Lipinski definition) is 6. The summed E-state index contributed by atoms with van der Waals surface area (Å²) in [5.41, 5.74) is 0.890. The van der Waals surface area contributed by atoms with Crippen LogP contribution in [0.25, 0.3) is 11.4 Å². The summed E-state index contributed by atoms with van der Waals surface area (Å²) in [5.74, 6) is 1.71. The van der Waals surface area contributed by atoms with Crippen LogP contribution in [0.3, 0.4) is 0 Å². The van der Waals surface area contributed by atoms with Gasteiger partial charge in [0.1, 0.15) is 5.75 Å². The van der Waals surface area contributed by atoms with Crippen LogP contribution >= 0.6 is 35.0 Å². The van der Waals surface area contributed by atoms with Gasteiger partial charge < -0.3 is 10.1 Å². The van der Waals surface area contributed by atoms with Gasteiger partial charge in [-0.25, -0.2) is 4.98 Å². The Kier molecular flexibility index (Phi) is 7.55. The van der Waals surface area contributed by atoms with E-state index in [4.69, 9.17) is 27.9 Å². The molecule has 32 heavy (non-hydrogen) atoms. The second-order valence-electron chi connectivity index (χ2n) is 7.49. The first-order valence-electron chi connectivity index (χ1n) is 10.4. The van der Waals surface area contributed by atoms with E-state index in [2.05, 4.69) is 25.1 Å². The fraction of sp³-hybridized carbons (Fsp3) is 0.364. The highest BCUT2D eigenvalue weighted by Gasteiger charge is 2.25. The van der Waals surface area contributed by atoms with Gasteiger partial charge in [-0.05, 0) is 31.0 Å². The van der Waals surface area contributed by atoms with Crippen molar-refractivity contribution < 1.29 is 9.53 Å². The molecule has 1 amide bonds. The van der Waals surface area contributed by atoms with Crippen LogP contribution in [0.2, 0.25) is 10.0 Å². The van der Waals surface area contributed by atoms with Gasteiger partial charge in [-0.15, -0.1) is 10.2 Å². The lowest BCUT2D eigenvalue weighted by Crippen LogP contribution is -2.18. The van der Waals surface area contributed by atoms with Crippen molar-refractivity contribution >= 4 is 46.7 Å². The molecule has 7 nitrogen and oxygen atoms in total. The first-order chi connectivity index (χ1) is 15.6. The lowest BCUT2D eigenvalue weighted by atomic mass is 9.95. The van der Waals surface area contributed by atoms with Gasteiger partial charge in [-0.1, -0.05) is 66.4 Å². The number of aromatic nitrogens is 4. The number of halogens is 2. The van der Waals surface area contributed by atoms with Gasteiger partial charge in [0.2, 0.25) is 5.91 Å². The number of nitrogens with one attached hydrogen (secondary N) is 1. The van der Waals surface area contributed by atoms with E-state index in [1.807, 2.05) is 24.3 Å². The van der Waals surface area contributed by atoms with E-state index in [0.29, 0.717) is 15.2 Å². The van der Waals surface area contributed by atoms with Crippen molar-refractivity contribution in [3.8, 4) is 17.1 Å². The number of thioether (sulfide) groups is 1. The van der Waals surface area contributed by atoms with Gasteiger partial charge in [0, 0.05) is 12.2 Å². The minimum Gasteiger partial charge on any atom is -0.496 e. The fourth-order valence-corrected chi connectivity index (χ4v) is 5.09. The smallest absolute Gasteiger partial charge is 0.236 e. The lowest BCUT2D eigenvalue weighted by molar-refractivity contribution is -0.113. The summed E-state index contributed by atoms with van der Waals surface area (Å²) in [6.07, 6.45) is 7.13. The number of rotatable bonds is 7. The Morgan fingerprint density at radius 1 is 1.22 bits per heavy atom. The average molecular weight is 492 g/mol. The number of carbonyl (C=O) groups excluding carboxylic acids is 1.